The van der Waals surface area contributed by atoms with Crippen LogP contribution in [0.5, 0.6) is 5.75 Å². The molecule has 2 N–H and O–H groups in total. The van der Waals surface area contributed by atoms with Crippen molar-refractivity contribution in [3.63, 3.8) is 0 Å². The number of fused-ring (bicyclic) bond motifs is 1. The Kier molecular flexibility index (Phi) is 9.74. The second kappa shape index (κ2) is 11.8. The average molecular weight is 473 g/mol. The van der Waals surface area contributed by atoms with E-state index in [0.29, 0.717) is 6.61 Å². The van der Waals surface area contributed by atoms with E-state index in [0.717, 1.165) is 19.3 Å². The van der Waals surface area contributed by atoms with E-state index in [1.54, 1.807) is 0 Å². The van der Waals surface area contributed by atoms with Gasteiger partial charge in [0.15, 0.2) is 0 Å². The van der Waals surface area contributed by atoms with Crippen LogP contribution in [0.3, 0.4) is 0 Å². The van der Waals surface area contributed by atoms with Crippen molar-refractivity contribution >= 4 is 31.0 Å². The quantitative estimate of drug-likeness (QED) is 0.270. The molecule has 0 fully saturated rings. The number of hydrogen-bond donors (Lipinski definition) is 2. The molecule has 9 heteroatoms. The van der Waals surface area contributed by atoms with E-state index in [2.05, 4.69) is 6.92 Å². The summed E-state index contributed by atoms with van der Waals surface area (Å²) in [5.41, 5.74) is 0. The molecular formula is C22H32O7S2. The van der Waals surface area contributed by atoms with Gasteiger partial charge in [-0.25, -0.2) is 0 Å². The van der Waals surface area contributed by atoms with Gasteiger partial charge in [-0.1, -0.05) is 76.8 Å². The highest BCUT2D eigenvalue weighted by Crippen LogP contribution is 2.36. The van der Waals surface area contributed by atoms with Gasteiger partial charge in [0.25, 0.3) is 20.2 Å². The molecule has 0 unspecified atom stereocenters. The van der Waals surface area contributed by atoms with Crippen molar-refractivity contribution in [1.82, 2.24) is 0 Å². The summed E-state index contributed by atoms with van der Waals surface area (Å²) in [5, 5.41) is -0.0922. The van der Waals surface area contributed by atoms with Gasteiger partial charge in [-0.2, -0.15) is 16.8 Å². The smallest absolute Gasteiger partial charge is 0.295 e. The summed E-state index contributed by atoms with van der Waals surface area (Å²) < 4.78 is 71.8. The molecule has 0 aliphatic rings. The molecule has 0 bridgehead atoms. The predicted molar refractivity (Wildman–Crippen MR) is 121 cm³/mol. The van der Waals surface area contributed by atoms with Gasteiger partial charge < -0.3 is 4.74 Å². The Morgan fingerprint density at radius 3 is 1.81 bits per heavy atom. The van der Waals surface area contributed by atoms with Gasteiger partial charge in [0.2, 0.25) is 0 Å². The molecule has 0 saturated heterocycles. The number of hydrogen-bond acceptors (Lipinski definition) is 5. The molecule has 2 rings (SSSR count). The maximum atomic E-state index is 11.8. The zero-order valence-electron chi connectivity index (χ0n) is 17.9. The number of unbranched alkanes of at least 4 members (excludes halogenated alkanes) is 9. The average Bonchev–Trinajstić information content (AvgIpc) is 2.69. The molecule has 0 amide bonds. The standard InChI is InChI=1S/C22H32O7S2/c1-2-3-4-5-6-7-8-9-10-11-17-29-19-15-16-20(30(23,24)25)18-13-12-14-21(22(18)19)31(26,27)28/h12-16H,2-11,17H2,1H3,(H,23,24,25)(H,26,27,28). The van der Waals surface area contributed by atoms with Crippen LogP contribution >= 0.6 is 0 Å². The highest BCUT2D eigenvalue weighted by atomic mass is 32.2. The van der Waals surface area contributed by atoms with E-state index in [9.17, 15) is 25.9 Å². The fraction of sp³-hybridized carbons (Fsp3) is 0.545. The molecule has 0 aromatic heterocycles. The molecule has 0 aliphatic heterocycles. The lowest BCUT2D eigenvalue weighted by atomic mass is 10.1. The summed E-state index contributed by atoms with van der Waals surface area (Å²) in [7, 11) is -9.21. The second-order valence-corrected chi connectivity index (χ2v) is 10.5. The van der Waals surface area contributed by atoms with Gasteiger partial charge in [-0.05, 0) is 24.6 Å². The fourth-order valence-electron chi connectivity index (χ4n) is 3.65. The Hall–Kier alpha value is -1.68. The van der Waals surface area contributed by atoms with Crippen molar-refractivity contribution in [3.8, 4) is 5.75 Å². The Labute approximate surface area is 185 Å². The number of ether oxygens (including phenoxy) is 1. The van der Waals surface area contributed by atoms with Crippen LogP contribution < -0.4 is 4.74 Å². The van der Waals surface area contributed by atoms with Crippen LogP contribution in [0.25, 0.3) is 10.8 Å². The van der Waals surface area contributed by atoms with Crippen LogP contribution in [-0.2, 0) is 20.2 Å². The van der Waals surface area contributed by atoms with E-state index in [1.807, 2.05) is 0 Å². The zero-order valence-corrected chi connectivity index (χ0v) is 19.6. The maximum absolute atomic E-state index is 11.8. The third kappa shape index (κ3) is 7.75. The third-order valence-electron chi connectivity index (χ3n) is 5.24. The first kappa shape index (κ1) is 25.6. The van der Waals surface area contributed by atoms with Crippen LogP contribution in [0, 0.1) is 0 Å². The number of rotatable bonds is 14. The topological polar surface area (TPSA) is 118 Å². The first-order chi connectivity index (χ1) is 14.7. The summed E-state index contributed by atoms with van der Waals surface area (Å²) in [5.74, 6) is 0.145. The summed E-state index contributed by atoms with van der Waals surface area (Å²) in [4.78, 5) is -0.909. The molecule has 0 aliphatic carbocycles. The SMILES string of the molecule is CCCCCCCCCCCCOc1ccc(S(=O)(=O)O)c2cccc(S(=O)(=O)O)c12. The normalized spacial score (nSPS) is 12.4. The predicted octanol–water partition coefficient (Wildman–Crippen LogP) is 5.63. The van der Waals surface area contributed by atoms with Crippen LogP contribution in [-0.4, -0.2) is 32.5 Å². The van der Waals surface area contributed by atoms with E-state index in [1.165, 1.54) is 75.3 Å². The van der Waals surface area contributed by atoms with E-state index >= 15 is 0 Å². The summed E-state index contributed by atoms with van der Waals surface area (Å²) in [6, 6.07) is 6.29. The fourth-order valence-corrected chi connectivity index (χ4v) is 5.05. The van der Waals surface area contributed by atoms with Crippen molar-refractivity contribution in [2.75, 3.05) is 6.61 Å². The van der Waals surface area contributed by atoms with Crippen molar-refractivity contribution in [2.45, 2.75) is 80.9 Å². The van der Waals surface area contributed by atoms with E-state index < -0.39 is 30.0 Å². The zero-order chi connectivity index (χ0) is 22.9. The Bertz CT molecular complexity index is 1060. The maximum Gasteiger partial charge on any atom is 0.295 e. The third-order valence-corrected chi connectivity index (χ3v) is 7.04. The minimum absolute atomic E-state index is 0.0294. The van der Waals surface area contributed by atoms with Gasteiger partial charge in [0.05, 0.1) is 6.61 Å². The Morgan fingerprint density at radius 2 is 1.26 bits per heavy atom. The Balaban J connectivity index is 2.01. The molecule has 7 nitrogen and oxygen atoms in total. The largest absolute Gasteiger partial charge is 0.493 e. The lowest BCUT2D eigenvalue weighted by molar-refractivity contribution is 0.307. The van der Waals surface area contributed by atoms with Crippen LogP contribution in [0.15, 0.2) is 40.1 Å². The lowest BCUT2D eigenvalue weighted by Crippen LogP contribution is -2.06. The molecule has 174 valence electrons. The molecule has 0 atom stereocenters. The minimum Gasteiger partial charge on any atom is -0.493 e. The van der Waals surface area contributed by atoms with Crippen LogP contribution in [0.1, 0.15) is 71.1 Å². The summed E-state index contributed by atoms with van der Waals surface area (Å²) >= 11 is 0. The molecule has 0 saturated carbocycles. The van der Waals surface area contributed by atoms with Crippen LogP contribution in [0.4, 0.5) is 0 Å². The van der Waals surface area contributed by atoms with Crippen LogP contribution in [0.2, 0.25) is 0 Å². The van der Waals surface area contributed by atoms with Crippen molar-refractivity contribution in [3.05, 3.63) is 30.3 Å². The summed E-state index contributed by atoms with van der Waals surface area (Å²) in [6.45, 7) is 2.54. The van der Waals surface area contributed by atoms with E-state index in [-0.39, 0.29) is 16.5 Å². The lowest BCUT2D eigenvalue weighted by Gasteiger charge is -2.14. The molecule has 31 heavy (non-hydrogen) atoms. The molecule has 0 spiro atoms. The van der Waals surface area contributed by atoms with Gasteiger partial charge in [-0.3, -0.25) is 9.11 Å². The van der Waals surface area contributed by atoms with E-state index in [4.69, 9.17) is 4.74 Å². The molecule has 2 aromatic carbocycles. The summed E-state index contributed by atoms with van der Waals surface area (Å²) in [6.07, 6.45) is 11.6. The van der Waals surface area contributed by atoms with Crippen molar-refractivity contribution < 1.29 is 30.7 Å². The number of benzene rings is 2. The molecule has 2 aromatic rings. The highest BCUT2D eigenvalue weighted by Gasteiger charge is 2.23. The highest BCUT2D eigenvalue weighted by molar-refractivity contribution is 7.86. The van der Waals surface area contributed by atoms with Crippen molar-refractivity contribution in [1.29, 1.82) is 0 Å². The first-order valence-electron chi connectivity index (χ1n) is 10.8. The van der Waals surface area contributed by atoms with Gasteiger partial charge >= 0.3 is 0 Å². The first-order valence-corrected chi connectivity index (χ1v) is 13.7. The minimum atomic E-state index is -4.62. The van der Waals surface area contributed by atoms with Gasteiger partial charge in [0.1, 0.15) is 15.5 Å². The monoisotopic (exact) mass is 472 g/mol. The van der Waals surface area contributed by atoms with Gasteiger partial charge in [-0.15, -0.1) is 0 Å². The molecule has 0 radical (unpaired) electrons. The molecular weight excluding hydrogens is 440 g/mol. The van der Waals surface area contributed by atoms with Crippen molar-refractivity contribution in [2.24, 2.45) is 0 Å². The molecule has 0 heterocycles. The second-order valence-electron chi connectivity index (χ2n) is 7.72. The van der Waals surface area contributed by atoms with Gasteiger partial charge in [0, 0.05) is 10.8 Å². The Morgan fingerprint density at radius 1 is 0.710 bits per heavy atom.